The summed E-state index contributed by atoms with van der Waals surface area (Å²) in [6, 6.07) is 23.0. The van der Waals surface area contributed by atoms with Gasteiger partial charge in [-0.2, -0.15) is 5.26 Å². The molecule has 5 nitrogen and oxygen atoms in total. The first kappa shape index (κ1) is 19.5. The summed E-state index contributed by atoms with van der Waals surface area (Å²) in [6.07, 6.45) is 0.494. The molecule has 1 atom stereocenters. The lowest BCUT2D eigenvalue weighted by Gasteiger charge is -2.36. The topological polar surface area (TPSA) is 73.2 Å². The molecule has 3 aromatic carbocycles. The number of hydrogen-bond donors (Lipinski definition) is 1. The van der Waals surface area contributed by atoms with Crippen molar-refractivity contribution in [2.45, 2.75) is 17.4 Å². The van der Waals surface area contributed by atoms with Gasteiger partial charge in [-0.15, -0.1) is 0 Å². The molecule has 0 aromatic heterocycles. The van der Waals surface area contributed by atoms with E-state index in [1.54, 1.807) is 42.5 Å². The van der Waals surface area contributed by atoms with Crippen molar-refractivity contribution >= 4 is 33.0 Å². The van der Waals surface area contributed by atoms with Crippen LogP contribution in [0.3, 0.4) is 0 Å². The molecule has 0 aliphatic carbocycles. The van der Waals surface area contributed by atoms with Gasteiger partial charge in [0.1, 0.15) is 0 Å². The van der Waals surface area contributed by atoms with Crippen molar-refractivity contribution in [2.24, 2.45) is 0 Å². The fourth-order valence-electron chi connectivity index (χ4n) is 3.59. The second-order valence-corrected chi connectivity index (χ2v) is 9.03. The van der Waals surface area contributed by atoms with E-state index < -0.39 is 10.0 Å². The number of nitrogens with zero attached hydrogens (tertiary/aromatic N) is 2. The van der Waals surface area contributed by atoms with Gasteiger partial charge in [-0.1, -0.05) is 35.9 Å². The molecule has 0 saturated carbocycles. The first-order chi connectivity index (χ1) is 14.0. The monoisotopic (exact) mass is 423 g/mol. The van der Waals surface area contributed by atoms with E-state index in [1.807, 2.05) is 35.2 Å². The molecule has 146 valence electrons. The summed E-state index contributed by atoms with van der Waals surface area (Å²) in [5.74, 6) is 0. The Labute approximate surface area is 175 Å². The number of nitriles is 1. The molecule has 0 saturated heterocycles. The van der Waals surface area contributed by atoms with Gasteiger partial charge in [-0.25, -0.2) is 13.1 Å². The normalized spacial score (nSPS) is 16.1. The summed E-state index contributed by atoms with van der Waals surface area (Å²) in [4.78, 5) is 2.26. The largest absolute Gasteiger partial charge is 0.340 e. The zero-order valence-corrected chi connectivity index (χ0v) is 17.0. The van der Waals surface area contributed by atoms with Crippen LogP contribution in [0.1, 0.15) is 11.1 Å². The Morgan fingerprint density at radius 3 is 2.55 bits per heavy atom. The summed E-state index contributed by atoms with van der Waals surface area (Å²) in [5, 5.41) is 9.87. The molecule has 29 heavy (non-hydrogen) atoms. The number of nitrogens with one attached hydrogen (secondary N) is 1. The first-order valence-corrected chi connectivity index (χ1v) is 11.0. The van der Waals surface area contributed by atoms with Crippen LogP contribution in [0.15, 0.2) is 77.7 Å². The van der Waals surface area contributed by atoms with Crippen LogP contribution in [-0.2, 0) is 16.4 Å². The fourth-order valence-corrected chi connectivity index (χ4v) is 5.02. The van der Waals surface area contributed by atoms with Crippen molar-refractivity contribution < 1.29 is 8.42 Å². The van der Waals surface area contributed by atoms with Crippen LogP contribution in [-0.4, -0.2) is 21.0 Å². The highest BCUT2D eigenvalue weighted by Gasteiger charge is 2.29. The number of hydrogen-bond acceptors (Lipinski definition) is 4. The molecule has 0 fully saturated rings. The van der Waals surface area contributed by atoms with Crippen molar-refractivity contribution in [1.82, 2.24) is 4.72 Å². The molecule has 1 aliphatic heterocycles. The van der Waals surface area contributed by atoms with Gasteiger partial charge >= 0.3 is 0 Å². The van der Waals surface area contributed by atoms with E-state index in [0.717, 1.165) is 16.9 Å². The van der Waals surface area contributed by atoms with Crippen molar-refractivity contribution in [3.63, 3.8) is 0 Å². The van der Waals surface area contributed by atoms with Crippen LogP contribution in [0.4, 0.5) is 11.4 Å². The summed E-state index contributed by atoms with van der Waals surface area (Å²) in [6.45, 7) is 0.450. The fraction of sp³-hybridized carbons (Fsp3) is 0.136. The van der Waals surface area contributed by atoms with Crippen molar-refractivity contribution in [3.05, 3.63) is 88.9 Å². The van der Waals surface area contributed by atoms with E-state index in [-0.39, 0.29) is 10.9 Å². The molecule has 0 spiro atoms. The zero-order chi connectivity index (χ0) is 20.4. The Morgan fingerprint density at radius 1 is 1.03 bits per heavy atom. The van der Waals surface area contributed by atoms with Gasteiger partial charge in [0.15, 0.2) is 0 Å². The summed E-state index contributed by atoms with van der Waals surface area (Å²) in [5.41, 5.74) is 3.27. The van der Waals surface area contributed by atoms with Gasteiger partial charge in [-0.3, -0.25) is 0 Å². The smallest absolute Gasteiger partial charge is 0.240 e. The Balaban J connectivity index is 1.71. The Hall–Kier alpha value is -2.85. The molecular weight excluding hydrogens is 406 g/mol. The maximum Gasteiger partial charge on any atom is 0.240 e. The molecular formula is C22H18ClN3O2S. The Bertz CT molecular complexity index is 1190. The van der Waals surface area contributed by atoms with E-state index in [1.165, 1.54) is 0 Å². The second-order valence-electron chi connectivity index (χ2n) is 6.88. The minimum atomic E-state index is -3.66. The highest BCUT2D eigenvalue weighted by atomic mass is 35.5. The number of anilines is 2. The molecule has 7 heteroatoms. The van der Waals surface area contributed by atoms with Crippen LogP contribution in [0.25, 0.3) is 0 Å². The molecule has 3 aromatic rings. The van der Waals surface area contributed by atoms with Crippen molar-refractivity contribution in [2.75, 3.05) is 11.4 Å². The van der Waals surface area contributed by atoms with Gasteiger partial charge in [0, 0.05) is 29.0 Å². The van der Waals surface area contributed by atoms with E-state index in [9.17, 15) is 13.7 Å². The number of rotatable bonds is 4. The third-order valence-electron chi connectivity index (χ3n) is 4.86. The molecule has 1 unspecified atom stereocenters. The molecule has 0 radical (unpaired) electrons. The number of fused-ring (bicyclic) bond motifs is 1. The predicted molar refractivity (Wildman–Crippen MR) is 114 cm³/mol. The lowest BCUT2D eigenvalue weighted by atomic mass is 9.96. The molecule has 1 N–H and O–H groups in total. The van der Waals surface area contributed by atoms with Crippen LogP contribution in [0.2, 0.25) is 5.02 Å². The lowest BCUT2D eigenvalue weighted by Crippen LogP contribution is -2.46. The van der Waals surface area contributed by atoms with Gasteiger partial charge in [-0.05, 0) is 60.5 Å². The lowest BCUT2D eigenvalue weighted by molar-refractivity contribution is 0.538. The van der Waals surface area contributed by atoms with Crippen LogP contribution >= 0.6 is 11.6 Å². The number of halogens is 1. The average Bonchev–Trinajstić information content (AvgIpc) is 2.73. The predicted octanol–water partition coefficient (Wildman–Crippen LogP) is 4.25. The molecule has 4 rings (SSSR count). The third kappa shape index (κ3) is 4.13. The minimum Gasteiger partial charge on any atom is -0.340 e. The van der Waals surface area contributed by atoms with Crippen LogP contribution in [0, 0.1) is 11.3 Å². The first-order valence-electron chi connectivity index (χ1n) is 9.10. The minimum absolute atomic E-state index is 0.228. The van der Waals surface area contributed by atoms with Crippen molar-refractivity contribution in [1.29, 1.82) is 5.26 Å². The van der Waals surface area contributed by atoms with Gasteiger partial charge in [0.05, 0.1) is 16.5 Å². The third-order valence-corrected chi connectivity index (χ3v) is 6.64. The van der Waals surface area contributed by atoms with Crippen LogP contribution in [0.5, 0.6) is 0 Å². The highest BCUT2D eigenvalue weighted by Crippen LogP contribution is 2.35. The Kier molecular flexibility index (Phi) is 5.29. The van der Waals surface area contributed by atoms with Gasteiger partial charge in [0.2, 0.25) is 10.0 Å². The molecule has 1 heterocycles. The van der Waals surface area contributed by atoms with Gasteiger partial charge < -0.3 is 4.90 Å². The summed E-state index contributed by atoms with van der Waals surface area (Å²) >= 11 is 6.18. The summed E-state index contributed by atoms with van der Waals surface area (Å²) in [7, 11) is -3.66. The molecule has 1 aliphatic rings. The van der Waals surface area contributed by atoms with Crippen LogP contribution < -0.4 is 9.62 Å². The quantitative estimate of drug-likeness (QED) is 0.680. The summed E-state index contributed by atoms with van der Waals surface area (Å²) < 4.78 is 28.5. The van der Waals surface area contributed by atoms with Gasteiger partial charge in [0.25, 0.3) is 0 Å². The van der Waals surface area contributed by atoms with Crippen molar-refractivity contribution in [3.8, 4) is 6.07 Å². The maximum atomic E-state index is 12.8. The SMILES string of the molecule is N#Cc1ccc2c(c1)CC(NS(=O)(=O)c1ccccc1)CN2c1cccc(Cl)c1. The number of sulfonamides is 1. The van der Waals surface area contributed by atoms with E-state index >= 15 is 0 Å². The van der Waals surface area contributed by atoms with E-state index in [0.29, 0.717) is 23.6 Å². The van der Waals surface area contributed by atoms with E-state index in [4.69, 9.17) is 11.6 Å². The molecule has 0 amide bonds. The molecule has 0 bridgehead atoms. The number of benzene rings is 3. The second kappa shape index (κ2) is 7.88. The van der Waals surface area contributed by atoms with E-state index in [2.05, 4.69) is 10.8 Å². The highest BCUT2D eigenvalue weighted by molar-refractivity contribution is 7.89. The maximum absolute atomic E-state index is 12.8. The zero-order valence-electron chi connectivity index (χ0n) is 15.4. The Morgan fingerprint density at radius 2 is 1.83 bits per heavy atom. The standard InChI is InChI=1S/C22H18ClN3O2S/c23-18-5-4-6-20(13-18)26-15-19(12-17-11-16(14-24)9-10-22(17)26)25-29(27,28)21-7-2-1-3-8-21/h1-11,13,19,25H,12,15H2. The average molecular weight is 424 g/mol.